The van der Waals surface area contributed by atoms with Gasteiger partial charge in [0.05, 0.1) is 38.3 Å². The van der Waals surface area contributed by atoms with E-state index in [4.69, 9.17) is 4.98 Å². The molecule has 4 heterocycles. The predicted octanol–water partition coefficient (Wildman–Crippen LogP) is 4.41. The number of aliphatic hydroxyl groups excluding tert-OH is 1. The fourth-order valence-corrected chi connectivity index (χ4v) is 5.31. The lowest BCUT2D eigenvalue weighted by Crippen LogP contribution is -2.19. The second-order valence-electron chi connectivity index (χ2n) is 8.74. The summed E-state index contributed by atoms with van der Waals surface area (Å²) < 4.78 is 3.11. The zero-order chi connectivity index (χ0) is 23.8. The van der Waals surface area contributed by atoms with Gasteiger partial charge in [0.2, 0.25) is 0 Å². The first-order valence-corrected chi connectivity index (χ1v) is 12.4. The van der Waals surface area contributed by atoms with E-state index >= 15 is 0 Å². The molecule has 1 fully saturated rings. The van der Waals surface area contributed by atoms with Crippen molar-refractivity contribution in [3.8, 4) is 11.8 Å². The van der Waals surface area contributed by atoms with Crippen LogP contribution in [0.5, 0.6) is 0 Å². The highest BCUT2D eigenvalue weighted by atomic mass is 35.5. The van der Waals surface area contributed by atoms with E-state index in [1.165, 1.54) is 5.56 Å². The van der Waals surface area contributed by atoms with Crippen LogP contribution in [0.15, 0.2) is 60.9 Å². The van der Waals surface area contributed by atoms with Crippen molar-refractivity contribution in [1.29, 1.82) is 0 Å². The number of aryl methyl sites for hydroxylation is 1. The number of nitrogens with one attached hydrogen (secondary N) is 2. The molecule has 2 aromatic carbocycles. The summed E-state index contributed by atoms with van der Waals surface area (Å²) in [7, 11) is 2.06. The highest BCUT2D eigenvalue weighted by molar-refractivity contribution is 7.20. The molecule has 3 N–H and O–H groups in total. The van der Waals surface area contributed by atoms with Crippen LogP contribution in [0.3, 0.4) is 0 Å². The summed E-state index contributed by atoms with van der Waals surface area (Å²) in [5.41, 5.74) is 5.06. The molecule has 36 heavy (non-hydrogen) atoms. The van der Waals surface area contributed by atoms with Gasteiger partial charge in [-0.15, -0.1) is 23.7 Å². The number of aliphatic hydroxyl groups is 1. The molecule has 0 aliphatic carbocycles. The molecule has 2 atom stereocenters. The first-order valence-electron chi connectivity index (χ1n) is 11.6. The van der Waals surface area contributed by atoms with Crippen molar-refractivity contribution in [3.63, 3.8) is 0 Å². The molecule has 0 amide bonds. The number of halogens is 1. The number of hydrogen-bond donors (Lipinski definition) is 3. The zero-order valence-electron chi connectivity index (χ0n) is 19.6. The second-order valence-corrected chi connectivity index (χ2v) is 9.80. The number of thiophene rings is 1. The quantitative estimate of drug-likeness (QED) is 0.307. The number of imidazole rings is 1. The third-order valence-electron chi connectivity index (χ3n) is 6.23. The monoisotopic (exact) mass is 516 g/mol. The highest BCUT2D eigenvalue weighted by Gasteiger charge is 2.20. The van der Waals surface area contributed by atoms with Crippen molar-refractivity contribution in [1.82, 2.24) is 24.8 Å². The van der Waals surface area contributed by atoms with Crippen molar-refractivity contribution in [2.24, 2.45) is 7.05 Å². The highest BCUT2D eigenvalue weighted by Crippen LogP contribution is 2.31. The SMILES string of the molecule is Cl.Cn1c(Cc2ccccc2)nc2cc(Nc3ncnc4cc(C#C[C@@H]5C[C@@H](O)CN5)sc34)ccc21. The molecule has 0 bridgehead atoms. The van der Waals surface area contributed by atoms with Crippen LogP contribution < -0.4 is 10.6 Å². The van der Waals surface area contributed by atoms with E-state index in [9.17, 15) is 5.11 Å². The Labute approximate surface area is 219 Å². The molecule has 1 aliphatic heterocycles. The molecule has 1 saturated heterocycles. The van der Waals surface area contributed by atoms with E-state index in [1.54, 1.807) is 17.7 Å². The van der Waals surface area contributed by atoms with Gasteiger partial charge >= 0.3 is 0 Å². The Kier molecular flexibility index (Phi) is 6.90. The summed E-state index contributed by atoms with van der Waals surface area (Å²) in [5.74, 6) is 8.22. The van der Waals surface area contributed by atoms with Gasteiger partial charge in [-0.25, -0.2) is 15.0 Å². The fourth-order valence-electron chi connectivity index (χ4n) is 4.39. The molecule has 7 nitrogen and oxygen atoms in total. The predicted molar refractivity (Wildman–Crippen MR) is 147 cm³/mol. The maximum Gasteiger partial charge on any atom is 0.151 e. The molecule has 5 aromatic rings. The largest absolute Gasteiger partial charge is 0.392 e. The molecule has 0 unspecified atom stereocenters. The molecular weight excluding hydrogens is 492 g/mol. The number of fused-ring (bicyclic) bond motifs is 2. The van der Waals surface area contributed by atoms with Crippen LogP contribution >= 0.6 is 23.7 Å². The summed E-state index contributed by atoms with van der Waals surface area (Å²) in [4.78, 5) is 14.7. The third kappa shape index (κ3) is 4.92. The van der Waals surface area contributed by atoms with Gasteiger partial charge in [-0.2, -0.15) is 0 Å². The van der Waals surface area contributed by atoms with Crippen molar-refractivity contribution in [2.45, 2.75) is 25.0 Å². The summed E-state index contributed by atoms with van der Waals surface area (Å²) in [6, 6.07) is 18.6. The van der Waals surface area contributed by atoms with Gasteiger partial charge in [-0.1, -0.05) is 42.2 Å². The third-order valence-corrected chi connectivity index (χ3v) is 7.28. The molecule has 6 rings (SSSR count). The van der Waals surface area contributed by atoms with Crippen LogP contribution in [0.2, 0.25) is 0 Å². The summed E-state index contributed by atoms with van der Waals surface area (Å²) in [5, 5.41) is 16.3. The van der Waals surface area contributed by atoms with Gasteiger partial charge in [0.25, 0.3) is 0 Å². The second kappa shape index (κ2) is 10.2. The number of aromatic nitrogens is 4. The number of nitrogens with zero attached hydrogens (tertiary/aromatic N) is 4. The van der Waals surface area contributed by atoms with Crippen LogP contribution in [-0.4, -0.2) is 43.3 Å². The topological polar surface area (TPSA) is 87.9 Å². The minimum absolute atomic E-state index is 0. The first-order chi connectivity index (χ1) is 17.1. The van der Waals surface area contributed by atoms with Gasteiger partial charge in [0.1, 0.15) is 12.2 Å². The fraction of sp³-hybridized carbons (Fsp3) is 0.222. The number of hydrogen-bond acceptors (Lipinski definition) is 7. The van der Waals surface area contributed by atoms with Crippen LogP contribution in [0.25, 0.3) is 21.3 Å². The lowest BCUT2D eigenvalue weighted by molar-refractivity contribution is 0.195. The molecular formula is C27H25ClN6OS. The number of anilines is 2. The van der Waals surface area contributed by atoms with E-state index in [1.807, 2.05) is 12.1 Å². The Hall–Kier alpha value is -3.48. The molecule has 0 spiro atoms. The minimum atomic E-state index is -0.316. The maximum absolute atomic E-state index is 9.68. The molecule has 1 aliphatic rings. The minimum Gasteiger partial charge on any atom is -0.392 e. The van der Waals surface area contributed by atoms with Crippen molar-refractivity contribution < 1.29 is 5.11 Å². The van der Waals surface area contributed by atoms with Gasteiger partial charge in [-0.3, -0.25) is 0 Å². The summed E-state index contributed by atoms with van der Waals surface area (Å²) in [6.45, 7) is 0.597. The molecule has 0 saturated carbocycles. The maximum atomic E-state index is 9.68. The van der Waals surface area contributed by atoms with Gasteiger partial charge in [-0.05, 0) is 29.8 Å². The smallest absolute Gasteiger partial charge is 0.151 e. The van der Waals surface area contributed by atoms with Crippen LogP contribution in [-0.2, 0) is 13.5 Å². The Balaban J connectivity index is 0.00000267. The van der Waals surface area contributed by atoms with E-state index in [0.717, 1.165) is 49.9 Å². The Morgan fingerprint density at radius 1 is 1.14 bits per heavy atom. The number of benzene rings is 2. The first kappa shape index (κ1) is 24.2. The molecule has 3 aromatic heterocycles. The average molecular weight is 517 g/mol. The lowest BCUT2D eigenvalue weighted by atomic mass is 10.1. The van der Waals surface area contributed by atoms with E-state index in [-0.39, 0.29) is 24.6 Å². The van der Waals surface area contributed by atoms with Crippen molar-refractivity contribution in [2.75, 3.05) is 11.9 Å². The lowest BCUT2D eigenvalue weighted by Gasteiger charge is -2.06. The van der Waals surface area contributed by atoms with Crippen LogP contribution in [0, 0.1) is 11.8 Å². The molecule has 182 valence electrons. The van der Waals surface area contributed by atoms with Gasteiger partial charge in [0.15, 0.2) is 5.82 Å². The van der Waals surface area contributed by atoms with Crippen molar-refractivity contribution in [3.05, 3.63) is 77.2 Å². The number of β-amino-alcohol motifs (C(OH)–C–C–N with tert-alkyl or cyclic N) is 1. The van der Waals surface area contributed by atoms with E-state index in [0.29, 0.717) is 13.0 Å². The number of rotatable bonds is 4. The Bertz CT molecular complexity index is 1590. The van der Waals surface area contributed by atoms with E-state index in [2.05, 4.69) is 86.5 Å². The van der Waals surface area contributed by atoms with Crippen molar-refractivity contribution >= 4 is 56.5 Å². The van der Waals surface area contributed by atoms with Crippen LogP contribution in [0.1, 0.15) is 22.7 Å². The summed E-state index contributed by atoms with van der Waals surface area (Å²) in [6.07, 6.45) is 2.70. The van der Waals surface area contributed by atoms with E-state index < -0.39 is 0 Å². The molecule has 9 heteroatoms. The van der Waals surface area contributed by atoms with Gasteiger partial charge in [0, 0.05) is 32.1 Å². The normalized spacial score (nSPS) is 17.1. The summed E-state index contributed by atoms with van der Waals surface area (Å²) >= 11 is 1.57. The molecule has 0 radical (unpaired) electrons. The Morgan fingerprint density at radius 2 is 2.00 bits per heavy atom. The average Bonchev–Trinajstić information content (AvgIpc) is 3.56. The standard InChI is InChI=1S/C27H24N6OS.ClH/c1-33-24-10-8-19(13-22(24)32-25(33)11-17-5-3-2-4-6-17)31-27-26-23(29-16-30-27)14-21(35-26)9-7-18-12-20(34)15-28-18;/h2-6,8,10,13-14,16,18,20,28,34H,11-12,15H2,1H3,(H,29,30,31);1H/t18-,20-;/m1./s1. The Morgan fingerprint density at radius 3 is 2.81 bits per heavy atom. The van der Waals surface area contributed by atoms with Gasteiger partial charge < -0.3 is 20.3 Å². The van der Waals surface area contributed by atoms with Crippen LogP contribution in [0.4, 0.5) is 11.5 Å². The zero-order valence-corrected chi connectivity index (χ0v) is 21.2.